The molecule has 100 valence electrons. The van der Waals surface area contributed by atoms with Gasteiger partial charge in [-0.15, -0.1) is 0 Å². The number of aromatic nitrogens is 1. The van der Waals surface area contributed by atoms with Crippen molar-refractivity contribution in [2.24, 2.45) is 0 Å². The van der Waals surface area contributed by atoms with Gasteiger partial charge in [-0.05, 0) is 29.8 Å². The van der Waals surface area contributed by atoms with E-state index < -0.39 is 5.82 Å². The normalized spacial score (nSPS) is 11.5. The number of pyridine rings is 1. The quantitative estimate of drug-likeness (QED) is 0.806. The van der Waals surface area contributed by atoms with Crippen LogP contribution < -0.4 is 4.74 Å². The minimum Gasteiger partial charge on any atom is -0.496 e. The van der Waals surface area contributed by atoms with Crippen molar-refractivity contribution in [1.29, 1.82) is 5.26 Å². The van der Waals surface area contributed by atoms with Crippen LogP contribution in [0.25, 0.3) is 10.6 Å². The maximum Gasteiger partial charge on any atom is 0.135 e. The lowest BCUT2D eigenvalue weighted by Crippen LogP contribution is -1.95. The molecular formula is C15H10ClFN2O. The molecule has 2 aromatic rings. The molecule has 0 amide bonds. The molecule has 0 fully saturated rings. The Morgan fingerprint density at radius 3 is 2.60 bits per heavy atom. The van der Waals surface area contributed by atoms with Crippen molar-refractivity contribution in [1.82, 2.24) is 4.98 Å². The Morgan fingerprint density at radius 2 is 2.00 bits per heavy atom. The van der Waals surface area contributed by atoms with Gasteiger partial charge in [-0.1, -0.05) is 17.7 Å². The zero-order chi connectivity index (χ0) is 14.5. The summed E-state index contributed by atoms with van der Waals surface area (Å²) >= 11 is 6.21. The highest BCUT2D eigenvalue weighted by Crippen LogP contribution is 2.36. The van der Waals surface area contributed by atoms with E-state index in [0.29, 0.717) is 5.56 Å². The zero-order valence-electron chi connectivity index (χ0n) is 10.6. The predicted octanol–water partition coefficient (Wildman–Crippen LogP) is 3.86. The van der Waals surface area contributed by atoms with E-state index in [1.165, 1.54) is 31.6 Å². The van der Waals surface area contributed by atoms with Crippen LogP contribution in [0.15, 0.2) is 42.7 Å². The average molecular weight is 289 g/mol. The molecule has 1 aromatic carbocycles. The Hall–Kier alpha value is -2.38. The Kier molecular flexibility index (Phi) is 4.34. The van der Waals surface area contributed by atoms with Crippen molar-refractivity contribution in [3.63, 3.8) is 0 Å². The number of rotatable bonds is 3. The molecule has 0 aliphatic rings. The summed E-state index contributed by atoms with van der Waals surface area (Å²) in [4.78, 5) is 3.87. The molecule has 0 bridgehead atoms. The van der Waals surface area contributed by atoms with Crippen molar-refractivity contribution in [2.45, 2.75) is 0 Å². The van der Waals surface area contributed by atoms with Crippen molar-refractivity contribution < 1.29 is 9.13 Å². The first-order valence-corrected chi connectivity index (χ1v) is 6.10. The van der Waals surface area contributed by atoms with E-state index in [1.807, 2.05) is 6.07 Å². The lowest BCUT2D eigenvalue weighted by atomic mass is 10.0. The van der Waals surface area contributed by atoms with E-state index >= 15 is 0 Å². The Labute approximate surface area is 120 Å². The number of ether oxygens (including phenoxy) is 1. The molecule has 0 radical (unpaired) electrons. The molecule has 3 nitrogen and oxygen atoms in total. The van der Waals surface area contributed by atoms with Gasteiger partial charge in [-0.2, -0.15) is 5.26 Å². The third kappa shape index (κ3) is 2.63. The second-order valence-electron chi connectivity index (χ2n) is 3.85. The van der Waals surface area contributed by atoms with Crippen LogP contribution in [-0.4, -0.2) is 12.1 Å². The SMILES string of the molecule is COc1cccc(F)c1/C(Cl)=C(/C#N)c1ccncc1. The summed E-state index contributed by atoms with van der Waals surface area (Å²) in [5.74, 6) is -0.270. The maximum absolute atomic E-state index is 14.0. The highest BCUT2D eigenvalue weighted by Gasteiger charge is 2.17. The minimum absolute atomic E-state index is 0.00801. The van der Waals surface area contributed by atoms with Gasteiger partial charge in [0, 0.05) is 12.4 Å². The van der Waals surface area contributed by atoms with Crippen LogP contribution in [0.5, 0.6) is 5.75 Å². The van der Waals surface area contributed by atoms with Crippen molar-refractivity contribution >= 4 is 22.2 Å². The average Bonchev–Trinajstić information content (AvgIpc) is 2.48. The number of hydrogen-bond acceptors (Lipinski definition) is 3. The number of nitriles is 1. The molecule has 0 unspecified atom stereocenters. The van der Waals surface area contributed by atoms with Gasteiger partial charge in [-0.25, -0.2) is 4.39 Å². The van der Waals surface area contributed by atoms with Crippen LogP contribution in [0.1, 0.15) is 11.1 Å². The molecule has 0 saturated carbocycles. The molecule has 2 rings (SSSR count). The third-order valence-electron chi connectivity index (χ3n) is 2.72. The third-order valence-corrected chi connectivity index (χ3v) is 3.09. The molecule has 0 N–H and O–H groups in total. The molecule has 1 aromatic heterocycles. The van der Waals surface area contributed by atoms with Gasteiger partial charge in [0.05, 0.1) is 23.3 Å². The van der Waals surface area contributed by atoms with Gasteiger partial charge in [0.1, 0.15) is 17.6 Å². The van der Waals surface area contributed by atoms with Gasteiger partial charge in [0.15, 0.2) is 0 Å². The van der Waals surface area contributed by atoms with E-state index in [0.717, 1.165) is 0 Å². The zero-order valence-corrected chi connectivity index (χ0v) is 11.4. The number of nitrogens with zero attached hydrogens (tertiary/aromatic N) is 2. The van der Waals surface area contributed by atoms with Crippen LogP contribution in [-0.2, 0) is 0 Å². The highest BCUT2D eigenvalue weighted by atomic mass is 35.5. The smallest absolute Gasteiger partial charge is 0.135 e. The van der Waals surface area contributed by atoms with Crippen molar-refractivity contribution in [3.05, 3.63) is 59.7 Å². The van der Waals surface area contributed by atoms with Crippen LogP contribution in [0.3, 0.4) is 0 Å². The first-order chi connectivity index (χ1) is 9.69. The summed E-state index contributed by atoms with van der Waals surface area (Å²) in [6.07, 6.45) is 3.07. The molecule has 0 aliphatic carbocycles. The first-order valence-electron chi connectivity index (χ1n) is 5.72. The Morgan fingerprint density at radius 1 is 1.30 bits per heavy atom. The van der Waals surface area contributed by atoms with Crippen LogP contribution in [0, 0.1) is 17.1 Å². The second kappa shape index (κ2) is 6.18. The molecule has 0 spiro atoms. The molecule has 20 heavy (non-hydrogen) atoms. The predicted molar refractivity (Wildman–Crippen MR) is 75.5 cm³/mol. The number of benzene rings is 1. The van der Waals surface area contributed by atoms with Gasteiger partial charge >= 0.3 is 0 Å². The summed E-state index contributed by atoms with van der Waals surface area (Å²) in [6.45, 7) is 0. The largest absolute Gasteiger partial charge is 0.496 e. The summed E-state index contributed by atoms with van der Waals surface area (Å²) in [7, 11) is 1.42. The fourth-order valence-electron chi connectivity index (χ4n) is 1.77. The summed E-state index contributed by atoms with van der Waals surface area (Å²) in [6, 6.07) is 9.62. The molecule has 0 saturated heterocycles. The number of hydrogen-bond donors (Lipinski definition) is 0. The molecule has 1 heterocycles. The van der Waals surface area contributed by atoms with Crippen LogP contribution in [0.2, 0.25) is 0 Å². The summed E-state index contributed by atoms with van der Waals surface area (Å²) in [5.41, 5.74) is 0.806. The van der Waals surface area contributed by atoms with Crippen molar-refractivity contribution in [3.8, 4) is 11.8 Å². The van der Waals surface area contributed by atoms with E-state index in [2.05, 4.69) is 4.98 Å². The van der Waals surface area contributed by atoms with E-state index in [4.69, 9.17) is 16.3 Å². The topological polar surface area (TPSA) is 45.9 Å². The van der Waals surface area contributed by atoms with Crippen LogP contribution in [0.4, 0.5) is 4.39 Å². The van der Waals surface area contributed by atoms with Crippen LogP contribution >= 0.6 is 11.6 Å². The molecule has 5 heteroatoms. The van der Waals surface area contributed by atoms with Gasteiger partial charge in [-0.3, -0.25) is 4.98 Å². The second-order valence-corrected chi connectivity index (χ2v) is 4.23. The number of halogens is 2. The standard InChI is InChI=1S/C15H10ClFN2O/c1-20-13-4-2-3-12(17)14(13)15(16)11(9-18)10-5-7-19-8-6-10/h2-8H,1H3/b15-11+. The van der Waals surface area contributed by atoms with E-state index in [1.54, 1.807) is 18.2 Å². The van der Waals surface area contributed by atoms with E-state index in [9.17, 15) is 9.65 Å². The van der Waals surface area contributed by atoms with Gasteiger partial charge < -0.3 is 4.74 Å². The van der Waals surface area contributed by atoms with E-state index in [-0.39, 0.29) is 21.9 Å². The lowest BCUT2D eigenvalue weighted by molar-refractivity contribution is 0.410. The van der Waals surface area contributed by atoms with Gasteiger partial charge in [0.25, 0.3) is 0 Å². The minimum atomic E-state index is -0.545. The first kappa shape index (κ1) is 14.0. The number of allylic oxidation sites excluding steroid dienone is 1. The van der Waals surface area contributed by atoms with Gasteiger partial charge in [0.2, 0.25) is 0 Å². The molecular weight excluding hydrogens is 279 g/mol. The fraction of sp³-hybridized carbons (Fsp3) is 0.0667. The highest BCUT2D eigenvalue weighted by molar-refractivity contribution is 6.53. The summed E-state index contributed by atoms with van der Waals surface area (Å²) in [5, 5.41) is 9.30. The Balaban J connectivity index is 2.68. The lowest BCUT2D eigenvalue weighted by Gasteiger charge is -2.10. The fourth-order valence-corrected chi connectivity index (χ4v) is 2.11. The summed E-state index contributed by atoms with van der Waals surface area (Å²) < 4.78 is 19.1. The monoisotopic (exact) mass is 288 g/mol. The van der Waals surface area contributed by atoms with Crippen molar-refractivity contribution in [2.75, 3.05) is 7.11 Å². The Bertz CT molecular complexity index is 693. The number of methoxy groups -OCH3 is 1. The molecule has 0 aliphatic heterocycles. The maximum atomic E-state index is 14.0. The molecule has 0 atom stereocenters.